The van der Waals surface area contributed by atoms with E-state index in [2.05, 4.69) is 30.6 Å². The highest BCUT2D eigenvalue weighted by atomic mass is 35.5. The molecule has 0 spiro atoms. The van der Waals surface area contributed by atoms with Crippen molar-refractivity contribution in [1.29, 1.82) is 0 Å². The third kappa shape index (κ3) is 8.03. The van der Waals surface area contributed by atoms with Crippen molar-refractivity contribution in [3.8, 4) is 0 Å². The normalized spacial score (nSPS) is 12.1. The zero-order valence-corrected chi connectivity index (χ0v) is 21.1. The first-order valence-corrected chi connectivity index (χ1v) is 11.4. The van der Waals surface area contributed by atoms with Crippen LogP contribution in [-0.2, 0) is 17.7 Å². The number of aromatic nitrogens is 4. The second-order valence-electron chi connectivity index (χ2n) is 9.03. The second kappa shape index (κ2) is 11.3. The lowest BCUT2D eigenvalue weighted by Crippen LogP contribution is -2.32. The third-order valence-electron chi connectivity index (χ3n) is 4.74. The summed E-state index contributed by atoms with van der Waals surface area (Å²) in [6.45, 7) is 7.84. The molecule has 1 aromatic carbocycles. The molecule has 1 atom stereocenters. The van der Waals surface area contributed by atoms with Gasteiger partial charge in [0.1, 0.15) is 11.4 Å². The number of nitrogens with zero attached hydrogens (tertiary/aromatic N) is 5. The fourth-order valence-electron chi connectivity index (χ4n) is 3.27. The molecule has 0 saturated carbocycles. The van der Waals surface area contributed by atoms with Gasteiger partial charge < -0.3 is 20.3 Å². The van der Waals surface area contributed by atoms with Crippen LogP contribution in [0.15, 0.2) is 42.7 Å². The van der Waals surface area contributed by atoms with Crippen LogP contribution < -0.4 is 15.5 Å². The van der Waals surface area contributed by atoms with Gasteiger partial charge in [0, 0.05) is 25.8 Å². The van der Waals surface area contributed by atoms with E-state index in [1.807, 2.05) is 52.0 Å². The Morgan fingerprint density at radius 1 is 1.20 bits per heavy atom. The Morgan fingerprint density at radius 2 is 1.94 bits per heavy atom. The monoisotopic (exact) mass is 501 g/mol. The molecule has 35 heavy (non-hydrogen) atoms. The average Bonchev–Trinajstić information content (AvgIpc) is 2.78. The van der Waals surface area contributed by atoms with Gasteiger partial charge in [-0.15, -0.1) is 0 Å². The van der Waals surface area contributed by atoms with E-state index >= 15 is 0 Å². The van der Waals surface area contributed by atoms with Gasteiger partial charge in [-0.2, -0.15) is 9.97 Å². The van der Waals surface area contributed by atoms with Crippen molar-refractivity contribution in [1.82, 2.24) is 25.3 Å². The standard InChI is InChI=1S/C24H29ClFN7O2/c1-15(11-16-7-6-8-17(12-16)13-29-23(34)35-24(2,3)4)30-22-27-10-9-19(31-22)33(5)20-18(26)14-28-21(25)32-20/h6-10,12,14-15H,11,13H2,1-5H3,(H,29,34)(H,27,30,31)/t15-/m0/s1. The Hall–Kier alpha value is -3.53. The number of anilines is 3. The second-order valence-corrected chi connectivity index (χ2v) is 9.37. The topological polar surface area (TPSA) is 105 Å². The number of benzene rings is 1. The minimum absolute atomic E-state index is 0.00477. The van der Waals surface area contributed by atoms with Crippen LogP contribution in [-0.4, -0.2) is 44.7 Å². The van der Waals surface area contributed by atoms with Gasteiger partial charge in [0.2, 0.25) is 11.2 Å². The quantitative estimate of drug-likeness (QED) is 0.420. The Balaban J connectivity index is 1.61. The van der Waals surface area contributed by atoms with Crippen molar-refractivity contribution in [3.63, 3.8) is 0 Å². The van der Waals surface area contributed by atoms with E-state index in [0.29, 0.717) is 24.7 Å². The van der Waals surface area contributed by atoms with Crippen LogP contribution in [0, 0.1) is 5.82 Å². The lowest BCUT2D eigenvalue weighted by Gasteiger charge is -2.20. The molecule has 1 amide bonds. The third-order valence-corrected chi connectivity index (χ3v) is 4.93. The van der Waals surface area contributed by atoms with Crippen LogP contribution in [0.4, 0.5) is 26.8 Å². The molecule has 0 radical (unpaired) electrons. The number of alkyl carbamates (subject to hydrolysis) is 1. The van der Waals surface area contributed by atoms with E-state index in [-0.39, 0.29) is 17.1 Å². The molecule has 2 aromatic heterocycles. The number of hydrogen-bond acceptors (Lipinski definition) is 8. The number of halogens is 2. The van der Waals surface area contributed by atoms with Gasteiger partial charge in [0.05, 0.1) is 6.20 Å². The average molecular weight is 502 g/mol. The summed E-state index contributed by atoms with van der Waals surface area (Å²) in [4.78, 5) is 29.7. The van der Waals surface area contributed by atoms with Crippen molar-refractivity contribution in [2.45, 2.75) is 52.3 Å². The number of carbonyl (C=O) groups is 1. The lowest BCUT2D eigenvalue weighted by molar-refractivity contribution is 0.0523. The van der Waals surface area contributed by atoms with Crippen molar-refractivity contribution >= 4 is 35.3 Å². The Kier molecular flexibility index (Phi) is 8.39. The first kappa shape index (κ1) is 26.1. The predicted octanol–water partition coefficient (Wildman–Crippen LogP) is 4.89. The Labute approximate surface area is 209 Å². The van der Waals surface area contributed by atoms with Gasteiger partial charge in [-0.3, -0.25) is 0 Å². The molecule has 0 fully saturated rings. The molecular formula is C24H29ClFN7O2. The molecule has 2 heterocycles. The molecule has 0 bridgehead atoms. The molecule has 186 valence electrons. The summed E-state index contributed by atoms with van der Waals surface area (Å²) in [5.41, 5.74) is 1.50. The summed E-state index contributed by atoms with van der Waals surface area (Å²) in [5, 5.41) is 5.98. The van der Waals surface area contributed by atoms with Crippen LogP contribution in [0.3, 0.4) is 0 Å². The Morgan fingerprint density at radius 3 is 2.69 bits per heavy atom. The van der Waals surface area contributed by atoms with Gasteiger partial charge in [-0.05, 0) is 62.9 Å². The first-order chi connectivity index (χ1) is 16.5. The van der Waals surface area contributed by atoms with Gasteiger partial charge >= 0.3 is 6.09 Å². The number of rotatable bonds is 8. The van der Waals surface area contributed by atoms with Gasteiger partial charge in [0.15, 0.2) is 11.6 Å². The van der Waals surface area contributed by atoms with Crippen LogP contribution in [0.25, 0.3) is 0 Å². The highest BCUT2D eigenvalue weighted by Crippen LogP contribution is 2.24. The molecule has 9 nitrogen and oxygen atoms in total. The molecule has 0 aliphatic heterocycles. The van der Waals surface area contributed by atoms with E-state index in [1.54, 1.807) is 19.3 Å². The van der Waals surface area contributed by atoms with E-state index in [9.17, 15) is 9.18 Å². The molecular weight excluding hydrogens is 473 g/mol. The van der Waals surface area contributed by atoms with Crippen molar-refractivity contribution < 1.29 is 13.9 Å². The molecule has 0 aliphatic rings. The molecule has 3 rings (SSSR count). The SMILES string of the molecule is C[C@@H](Cc1cccc(CNC(=O)OC(C)(C)C)c1)Nc1nccc(N(C)c2nc(Cl)ncc2F)n1. The molecule has 0 saturated heterocycles. The van der Waals surface area contributed by atoms with Gasteiger partial charge in [0.25, 0.3) is 0 Å². The van der Waals surface area contributed by atoms with Crippen molar-refractivity contribution in [2.75, 3.05) is 17.3 Å². The summed E-state index contributed by atoms with van der Waals surface area (Å²) >= 11 is 5.81. The molecule has 2 N–H and O–H groups in total. The fraction of sp³-hybridized carbons (Fsp3) is 0.375. The number of ether oxygens (including phenoxy) is 1. The smallest absolute Gasteiger partial charge is 0.407 e. The summed E-state index contributed by atoms with van der Waals surface area (Å²) in [6.07, 6.45) is 2.84. The minimum atomic E-state index is -0.612. The van der Waals surface area contributed by atoms with Crippen molar-refractivity contribution in [2.24, 2.45) is 0 Å². The lowest BCUT2D eigenvalue weighted by atomic mass is 10.0. The first-order valence-electron chi connectivity index (χ1n) is 11.1. The zero-order valence-electron chi connectivity index (χ0n) is 20.3. The van der Waals surface area contributed by atoms with E-state index in [1.165, 1.54) is 4.90 Å². The maximum absolute atomic E-state index is 14.1. The van der Waals surface area contributed by atoms with Crippen LogP contribution >= 0.6 is 11.6 Å². The van der Waals surface area contributed by atoms with Gasteiger partial charge in [-0.25, -0.2) is 19.2 Å². The molecule has 11 heteroatoms. The number of hydrogen-bond donors (Lipinski definition) is 2. The van der Waals surface area contributed by atoms with Crippen LogP contribution in [0.1, 0.15) is 38.8 Å². The van der Waals surface area contributed by atoms with E-state index in [4.69, 9.17) is 16.3 Å². The summed E-state index contributed by atoms with van der Waals surface area (Å²) in [5.74, 6) is 0.239. The fourth-order valence-corrected chi connectivity index (χ4v) is 3.40. The number of amides is 1. The number of carbonyl (C=O) groups excluding carboxylic acids is 1. The largest absolute Gasteiger partial charge is 0.444 e. The zero-order chi connectivity index (χ0) is 25.6. The molecule has 3 aromatic rings. The summed E-state index contributed by atoms with van der Waals surface area (Å²) in [7, 11) is 1.63. The Bertz CT molecular complexity index is 1170. The summed E-state index contributed by atoms with van der Waals surface area (Å²) in [6, 6.07) is 9.58. The predicted molar refractivity (Wildman–Crippen MR) is 133 cm³/mol. The molecule has 0 unspecified atom stereocenters. The maximum Gasteiger partial charge on any atom is 0.407 e. The summed E-state index contributed by atoms with van der Waals surface area (Å²) < 4.78 is 19.4. The minimum Gasteiger partial charge on any atom is -0.444 e. The van der Waals surface area contributed by atoms with Gasteiger partial charge in [-0.1, -0.05) is 24.3 Å². The highest BCUT2D eigenvalue weighted by Gasteiger charge is 2.17. The van der Waals surface area contributed by atoms with E-state index < -0.39 is 17.5 Å². The molecule has 0 aliphatic carbocycles. The van der Waals surface area contributed by atoms with Crippen LogP contribution in [0.5, 0.6) is 0 Å². The van der Waals surface area contributed by atoms with Crippen LogP contribution in [0.2, 0.25) is 5.28 Å². The number of nitrogens with one attached hydrogen (secondary N) is 2. The highest BCUT2D eigenvalue weighted by molar-refractivity contribution is 6.28. The maximum atomic E-state index is 14.1. The van der Waals surface area contributed by atoms with Crippen molar-refractivity contribution in [3.05, 3.63) is 65.0 Å². The van der Waals surface area contributed by atoms with E-state index in [0.717, 1.165) is 17.3 Å².